The zero-order chi connectivity index (χ0) is 11.7. The van der Waals surface area contributed by atoms with Gasteiger partial charge in [-0.3, -0.25) is 0 Å². The summed E-state index contributed by atoms with van der Waals surface area (Å²) in [6.45, 7) is 0. The Morgan fingerprint density at radius 3 is 2.19 bits per heavy atom. The van der Waals surface area contributed by atoms with Crippen molar-refractivity contribution in [3.63, 3.8) is 0 Å². The van der Waals surface area contributed by atoms with Crippen molar-refractivity contribution >= 4 is 17.3 Å². The zero-order valence-corrected chi connectivity index (χ0v) is 8.93. The van der Waals surface area contributed by atoms with Gasteiger partial charge in [0.25, 0.3) is 0 Å². The van der Waals surface area contributed by atoms with Crippen molar-refractivity contribution in [1.82, 2.24) is 0 Å². The van der Waals surface area contributed by atoms with Gasteiger partial charge >= 0.3 is 0 Å². The van der Waals surface area contributed by atoms with E-state index in [0.29, 0.717) is 11.3 Å². The van der Waals surface area contributed by atoms with Crippen molar-refractivity contribution < 1.29 is 8.78 Å². The molecule has 0 amide bonds. The highest BCUT2D eigenvalue weighted by atomic mass is 35.5. The molecule has 0 aliphatic rings. The first-order chi connectivity index (χ1) is 7.59. The third kappa shape index (κ3) is 1.86. The fraction of sp³-hybridized carbons (Fsp3) is 0. The van der Waals surface area contributed by atoms with Gasteiger partial charge in [-0.05, 0) is 29.8 Å². The van der Waals surface area contributed by atoms with Gasteiger partial charge in [-0.15, -0.1) is 0 Å². The number of halogens is 3. The summed E-state index contributed by atoms with van der Waals surface area (Å²) < 4.78 is 26.9. The Morgan fingerprint density at radius 2 is 1.62 bits per heavy atom. The number of nitrogens with two attached hydrogens (primary N) is 1. The van der Waals surface area contributed by atoms with Crippen LogP contribution >= 0.6 is 11.6 Å². The Bertz CT molecular complexity index is 520. The molecule has 16 heavy (non-hydrogen) atoms. The quantitative estimate of drug-likeness (QED) is 0.751. The van der Waals surface area contributed by atoms with Crippen LogP contribution in [0.5, 0.6) is 0 Å². The normalized spacial score (nSPS) is 10.4. The molecule has 0 aliphatic heterocycles. The molecule has 0 bridgehead atoms. The Balaban J connectivity index is 2.63. The van der Waals surface area contributed by atoms with E-state index in [0.717, 1.165) is 0 Å². The molecule has 1 nitrogen and oxygen atoms in total. The van der Waals surface area contributed by atoms with E-state index in [1.54, 1.807) is 0 Å². The van der Waals surface area contributed by atoms with Gasteiger partial charge in [0.2, 0.25) is 0 Å². The summed E-state index contributed by atoms with van der Waals surface area (Å²) >= 11 is 5.80. The average Bonchev–Trinajstić information content (AvgIpc) is 2.23. The van der Waals surface area contributed by atoms with Crippen LogP contribution in [0.2, 0.25) is 5.02 Å². The van der Waals surface area contributed by atoms with Crippen molar-refractivity contribution in [2.24, 2.45) is 0 Å². The molecule has 2 aromatic carbocycles. The first-order valence-corrected chi connectivity index (χ1v) is 4.97. The highest BCUT2D eigenvalue weighted by molar-refractivity contribution is 6.33. The minimum absolute atomic E-state index is 0.0931. The fourth-order valence-corrected chi connectivity index (χ4v) is 1.64. The van der Waals surface area contributed by atoms with Crippen molar-refractivity contribution in [1.29, 1.82) is 0 Å². The van der Waals surface area contributed by atoms with Crippen LogP contribution in [0.15, 0.2) is 36.4 Å². The number of hydrogen-bond acceptors (Lipinski definition) is 1. The van der Waals surface area contributed by atoms with Crippen molar-refractivity contribution in [3.05, 3.63) is 53.1 Å². The Labute approximate surface area is 96.5 Å². The second-order valence-corrected chi connectivity index (χ2v) is 3.74. The maximum Gasteiger partial charge on any atom is 0.133 e. The van der Waals surface area contributed by atoms with Gasteiger partial charge in [-0.25, -0.2) is 8.78 Å². The minimum Gasteiger partial charge on any atom is -0.398 e. The van der Waals surface area contributed by atoms with Crippen LogP contribution in [0.3, 0.4) is 0 Å². The smallest absolute Gasteiger partial charge is 0.133 e. The fourth-order valence-electron chi connectivity index (χ4n) is 1.46. The monoisotopic (exact) mass is 239 g/mol. The maximum absolute atomic E-state index is 13.5. The third-order valence-corrected chi connectivity index (χ3v) is 2.58. The van der Waals surface area contributed by atoms with E-state index in [9.17, 15) is 8.78 Å². The van der Waals surface area contributed by atoms with Crippen LogP contribution in [0, 0.1) is 11.6 Å². The molecular weight excluding hydrogens is 232 g/mol. The van der Waals surface area contributed by atoms with E-state index in [-0.39, 0.29) is 10.6 Å². The molecule has 2 aromatic rings. The molecule has 2 N–H and O–H groups in total. The van der Waals surface area contributed by atoms with Gasteiger partial charge in [0, 0.05) is 0 Å². The van der Waals surface area contributed by atoms with Gasteiger partial charge in [-0.2, -0.15) is 0 Å². The average molecular weight is 240 g/mol. The second-order valence-electron chi connectivity index (χ2n) is 3.33. The number of rotatable bonds is 1. The zero-order valence-electron chi connectivity index (χ0n) is 8.18. The number of benzene rings is 2. The first-order valence-electron chi connectivity index (χ1n) is 4.59. The maximum atomic E-state index is 13.5. The predicted molar refractivity (Wildman–Crippen MR) is 61.2 cm³/mol. The molecule has 0 saturated carbocycles. The minimum atomic E-state index is -0.624. The summed E-state index contributed by atoms with van der Waals surface area (Å²) in [5.41, 5.74) is 6.18. The van der Waals surface area contributed by atoms with E-state index in [1.807, 2.05) is 0 Å². The Kier molecular flexibility index (Phi) is 2.79. The lowest BCUT2D eigenvalue weighted by Crippen LogP contribution is -1.91. The summed E-state index contributed by atoms with van der Waals surface area (Å²) in [5.74, 6) is -1.25. The molecule has 0 aromatic heterocycles. The standard InChI is InChI=1S/C12H8ClF2N/c13-8-6-7(4-5-11(8)16)12-9(14)2-1-3-10(12)15/h1-6H,16H2. The summed E-state index contributed by atoms with van der Waals surface area (Å²) in [5, 5.41) is 0.278. The van der Waals surface area contributed by atoms with Gasteiger partial charge < -0.3 is 5.73 Å². The lowest BCUT2D eigenvalue weighted by Gasteiger charge is -2.06. The van der Waals surface area contributed by atoms with Crippen molar-refractivity contribution in [3.8, 4) is 11.1 Å². The summed E-state index contributed by atoms with van der Waals surface area (Å²) in [6, 6.07) is 8.20. The van der Waals surface area contributed by atoms with E-state index in [4.69, 9.17) is 17.3 Å². The highest BCUT2D eigenvalue weighted by Gasteiger charge is 2.11. The van der Waals surface area contributed by atoms with Gasteiger partial charge in [-0.1, -0.05) is 23.7 Å². The van der Waals surface area contributed by atoms with Crippen LogP contribution in [-0.4, -0.2) is 0 Å². The lowest BCUT2D eigenvalue weighted by atomic mass is 10.0. The summed E-state index contributed by atoms with van der Waals surface area (Å²) in [7, 11) is 0. The van der Waals surface area contributed by atoms with Crippen LogP contribution in [0.4, 0.5) is 14.5 Å². The molecule has 0 atom stereocenters. The lowest BCUT2D eigenvalue weighted by molar-refractivity contribution is 0.589. The topological polar surface area (TPSA) is 26.0 Å². The number of anilines is 1. The Morgan fingerprint density at radius 1 is 1.00 bits per heavy atom. The van der Waals surface area contributed by atoms with Crippen molar-refractivity contribution in [2.45, 2.75) is 0 Å². The molecule has 4 heteroatoms. The molecule has 0 heterocycles. The van der Waals surface area contributed by atoms with Gasteiger partial charge in [0.1, 0.15) is 11.6 Å². The highest BCUT2D eigenvalue weighted by Crippen LogP contribution is 2.30. The predicted octanol–water partition coefficient (Wildman–Crippen LogP) is 3.87. The Hall–Kier alpha value is -1.61. The molecule has 0 unspecified atom stereocenters. The van der Waals surface area contributed by atoms with Crippen LogP contribution < -0.4 is 5.73 Å². The van der Waals surface area contributed by atoms with E-state index < -0.39 is 11.6 Å². The SMILES string of the molecule is Nc1ccc(-c2c(F)cccc2F)cc1Cl. The molecule has 2 rings (SSSR count). The van der Waals surface area contributed by atoms with Crippen LogP contribution in [-0.2, 0) is 0 Å². The van der Waals surface area contributed by atoms with Crippen molar-refractivity contribution in [2.75, 3.05) is 5.73 Å². The van der Waals surface area contributed by atoms with E-state index in [2.05, 4.69) is 0 Å². The summed E-state index contributed by atoms with van der Waals surface area (Å²) in [6.07, 6.45) is 0. The molecule has 82 valence electrons. The van der Waals surface area contributed by atoms with Crippen LogP contribution in [0.25, 0.3) is 11.1 Å². The molecular formula is C12H8ClF2N. The van der Waals surface area contributed by atoms with Gasteiger partial charge in [0.15, 0.2) is 0 Å². The number of hydrogen-bond donors (Lipinski definition) is 1. The van der Waals surface area contributed by atoms with E-state index >= 15 is 0 Å². The first kappa shape index (κ1) is 10.9. The second kappa shape index (κ2) is 4.10. The van der Waals surface area contributed by atoms with E-state index in [1.165, 1.54) is 36.4 Å². The third-order valence-electron chi connectivity index (χ3n) is 2.25. The largest absolute Gasteiger partial charge is 0.398 e. The number of nitrogen functional groups attached to an aromatic ring is 1. The molecule has 0 aliphatic carbocycles. The molecule has 0 spiro atoms. The molecule has 0 radical (unpaired) electrons. The molecule has 0 fully saturated rings. The van der Waals surface area contributed by atoms with Gasteiger partial charge in [0.05, 0.1) is 16.3 Å². The summed E-state index contributed by atoms with van der Waals surface area (Å²) in [4.78, 5) is 0. The molecule has 0 saturated heterocycles. The van der Waals surface area contributed by atoms with Crippen LogP contribution in [0.1, 0.15) is 0 Å².